The second-order valence-corrected chi connectivity index (χ2v) is 2.58. The number of halogens is 1. The van der Waals surface area contributed by atoms with Gasteiger partial charge in [-0.3, -0.25) is 5.43 Å². The smallest absolute Gasteiger partial charge is 0.241 e. The van der Waals surface area contributed by atoms with Gasteiger partial charge in [-0.15, -0.1) is 0 Å². The van der Waals surface area contributed by atoms with Gasteiger partial charge in [-0.05, 0) is 18.0 Å². The van der Waals surface area contributed by atoms with Crippen molar-refractivity contribution in [3.63, 3.8) is 0 Å². The van der Waals surface area contributed by atoms with Gasteiger partial charge in [0.1, 0.15) is 5.82 Å². The van der Waals surface area contributed by atoms with Crippen LogP contribution in [0, 0.1) is 0 Å². The van der Waals surface area contributed by atoms with Gasteiger partial charge in [-0.2, -0.15) is 9.97 Å². The van der Waals surface area contributed by atoms with Crippen molar-refractivity contribution in [2.24, 2.45) is 5.84 Å². The van der Waals surface area contributed by atoms with Crippen LogP contribution in [0.3, 0.4) is 0 Å². The molecule has 0 aliphatic rings. The number of nitrogens with one attached hydrogen (secondary N) is 1. The van der Waals surface area contributed by atoms with Gasteiger partial charge in [0.2, 0.25) is 11.2 Å². The molecule has 1 rings (SSSR count). The fraction of sp³-hybridized carbons (Fsp3) is 0.500. The molecule has 1 aromatic rings. The quantitative estimate of drug-likeness (QED) is 0.540. The van der Waals surface area contributed by atoms with Crippen LogP contribution < -0.4 is 11.3 Å². The highest BCUT2D eigenvalue weighted by Crippen LogP contribution is 2.05. The summed E-state index contributed by atoms with van der Waals surface area (Å²) < 4.78 is 0. The molecule has 6 heteroatoms. The highest BCUT2D eigenvalue weighted by atomic mass is 35.5. The van der Waals surface area contributed by atoms with E-state index >= 15 is 0 Å². The Hall–Kier alpha value is -0.940. The number of rotatable bonds is 3. The first-order valence-electron chi connectivity index (χ1n) is 3.63. The number of nitrogen functional groups attached to an aromatic ring is 1. The number of anilines is 1. The zero-order valence-corrected chi connectivity index (χ0v) is 7.47. The molecule has 66 valence electrons. The number of aromatic nitrogens is 3. The molecule has 0 amide bonds. The monoisotopic (exact) mass is 187 g/mol. The number of nitrogens with two attached hydrogens (primary N) is 1. The lowest BCUT2D eigenvalue weighted by atomic mass is 10.3. The summed E-state index contributed by atoms with van der Waals surface area (Å²) in [6, 6.07) is 0. The molecular weight excluding hydrogens is 178 g/mol. The Labute approximate surface area is 75.3 Å². The normalized spacial score (nSPS) is 9.92. The van der Waals surface area contributed by atoms with Crippen molar-refractivity contribution in [3.05, 3.63) is 11.1 Å². The Kier molecular flexibility index (Phi) is 3.19. The average Bonchev–Trinajstić information content (AvgIpc) is 2.04. The fourth-order valence-electron chi connectivity index (χ4n) is 0.791. The van der Waals surface area contributed by atoms with Crippen LogP contribution in [-0.2, 0) is 6.42 Å². The summed E-state index contributed by atoms with van der Waals surface area (Å²) in [4.78, 5) is 11.7. The van der Waals surface area contributed by atoms with Crippen LogP contribution in [0.1, 0.15) is 19.2 Å². The molecule has 12 heavy (non-hydrogen) atoms. The Morgan fingerprint density at radius 3 is 2.75 bits per heavy atom. The molecular formula is C6H10ClN5. The van der Waals surface area contributed by atoms with Crippen LogP contribution in [-0.4, -0.2) is 15.0 Å². The number of hydrogen-bond acceptors (Lipinski definition) is 5. The van der Waals surface area contributed by atoms with Crippen molar-refractivity contribution >= 4 is 17.5 Å². The summed E-state index contributed by atoms with van der Waals surface area (Å²) in [6.45, 7) is 2.03. The Balaban J connectivity index is 2.90. The zero-order valence-electron chi connectivity index (χ0n) is 6.71. The van der Waals surface area contributed by atoms with E-state index in [9.17, 15) is 0 Å². The van der Waals surface area contributed by atoms with E-state index in [1.54, 1.807) is 0 Å². The molecule has 0 aliphatic heterocycles. The molecule has 0 saturated carbocycles. The largest absolute Gasteiger partial charge is 0.292 e. The van der Waals surface area contributed by atoms with Crippen LogP contribution in [0.25, 0.3) is 0 Å². The van der Waals surface area contributed by atoms with Gasteiger partial charge in [-0.25, -0.2) is 10.8 Å². The Bertz CT molecular complexity index is 264. The van der Waals surface area contributed by atoms with E-state index in [1.165, 1.54) is 0 Å². The molecule has 0 saturated heterocycles. The molecule has 1 aromatic heterocycles. The molecule has 5 nitrogen and oxygen atoms in total. The second kappa shape index (κ2) is 4.18. The summed E-state index contributed by atoms with van der Waals surface area (Å²) in [7, 11) is 0. The lowest BCUT2D eigenvalue weighted by molar-refractivity contribution is 0.817. The summed E-state index contributed by atoms with van der Waals surface area (Å²) in [5.74, 6) is 6.08. The van der Waals surface area contributed by atoms with Gasteiger partial charge < -0.3 is 0 Å². The van der Waals surface area contributed by atoms with E-state index in [2.05, 4.69) is 20.4 Å². The molecule has 0 aromatic carbocycles. The van der Waals surface area contributed by atoms with Crippen LogP contribution >= 0.6 is 11.6 Å². The van der Waals surface area contributed by atoms with E-state index in [1.807, 2.05) is 6.92 Å². The van der Waals surface area contributed by atoms with Gasteiger partial charge in [-0.1, -0.05) is 6.92 Å². The van der Waals surface area contributed by atoms with Gasteiger partial charge >= 0.3 is 0 Å². The standard InChI is InChI=1S/C6H10ClN5/c1-2-3-4-9-5(7)11-6(10-4)12-8/h2-3,8H2,1H3,(H,9,10,11,12). The highest BCUT2D eigenvalue weighted by molar-refractivity contribution is 6.28. The average molecular weight is 188 g/mol. The summed E-state index contributed by atoms with van der Waals surface area (Å²) in [6.07, 6.45) is 1.74. The molecule has 0 atom stereocenters. The SMILES string of the molecule is CCCc1nc(Cl)nc(NN)n1. The van der Waals surface area contributed by atoms with Gasteiger partial charge in [0.05, 0.1) is 0 Å². The predicted molar refractivity (Wildman–Crippen MR) is 46.6 cm³/mol. The van der Waals surface area contributed by atoms with Gasteiger partial charge in [0.25, 0.3) is 0 Å². The number of aryl methyl sites for hydroxylation is 1. The predicted octanol–water partition coefficient (Wildman–Crippen LogP) is 0.763. The van der Waals surface area contributed by atoms with Gasteiger partial charge in [0.15, 0.2) is 0 Å². The third kappa shape index (κ3) is 2.28. The number of nitrogens with zero attached hydrogens (tertiary/aromatic N) is 3. The van der Waals surface area contributed by atoms with Gasteiger partial charge in [0, 0.05) is 6.42 Å². The van der Waals surface area contributed by atoms with E-state index in [-0.39, 0.29) is 5.28 Å². The Morgan fingerprint density at radius 1 is 1.42 bits per heavy atom. The fourth-order valence-corrected chi connectivity index (χ4v) is 0.969. The maximum Gasteiger partial charge on any atom is 0.241 e. The zero-order chi connectivity index (χ0) is 8.97. The molecule has 0 aliphatic carbocycles. The van der Waals surface area contributed by atoms with Crippen molar-refractivity contribution in [2.75, 3.05) is 5.43 Å². The molecule has 0 spiro atoms. The Morgan fingerprint density at radius 2 is 2.17 bits per heavy atom. The molecule has 0 unspecified atom stereocenters. The van der Waals surface area contributed by atoms with Crippen LogP contribution in [0.5, 0.6) is 0 Å². The number of hydrazine groups is 1. The topological polar surface area (TPSA) is 76.7 Å². The molecule has 1 heterocycles. The summed E-state index contributed by atoms with van der Waals surface area (Å²) in [5, 5.41) is 0.168. The maximum absolute atomic E-state index is 5.61. The van der Waals surface area contributed by atoms with Crippen molar-refractivity contribution in [2.45, 2.75) is 19.8 Å². The lowest BCUT2D eigenvalue weighted by Crippen LogP contribution is -2.12. The van der Waals surface area contributed by atoms with E-state index in [4.69, 9.17) is 17.4 Å². The van der Waals surface area contributed by atoms with E-state index in [0.717, 1.165) is 12.8 Å². The van der Waals surface area contributed by atoms with Crippen molar-refractivity contribution in [3.8, 4) is 0 Å². The first-order chi connectivity index (χ1) is 5.76. The van der Waals surface area contributed by atoms with E-state index in [0.29, 0.717) is 11.8 Å². The molecule has 3 N–H and O–H groups in total. The maximum atomic E-state index is 5.61. The van der Waals surface area contributed by atoms with Crippen LogP contribution in [0.15, 0.2) is 0 Å². The van der Waals surface area contributed by atoms with Crippen LogP contribution in [0.4, 0.5) is 5.95 Å². The molecule has 0 fully saturated rings. The first-order valence-corrected chi connectivity index (χ1v) is 4.01. The molecule has 0 bridgehead atoms. The van der Waals surface area contributed by atoms with Crippen molar-refractivity contribution in [1.82, 2.24) is 15.0 Å². The lowest BCUT2D eigenvalue weighted by Gasteiger charge is -2.00. The first kappa shape index (κ1) is 9.15. The van der Waals surface area contributed by atoms with E-state index < -0.39 is 0 Å². The minimum Gasteiger partial charge on any atom is -0.292 e. The third-order valence-electron chi connectivity index (χ3n) is 1.26. The highest BCUT2D eigenvalue weighted by Gasteiger charge is 2.01. The number of hydrogen-bond donors (Lipinski definition) is 2. The van der Waals surface area contributed by atoms with Crippen molar-refractivity contribution in [1.29, 1.82) is 0 Å². The third-order valence-corrected chi connectivity index (χ3v) is 1.43. The molecule has 0 radical (unpaired) electrons. The second-order valence-electron chi connectivity index (χ2n) is 2.24. The minimum absolute atomic E-state index is 0.168. The van der Waals surface area contributed by atoms with Crippen LogP contribution in [0.2, 0.25) is 5.28 Å². The summed E-state index contributed by atoms with van der Waals surface area (Å²) >= 11 is 5.61. The van der Waals surface area contributed by atoms with Crippen molar-refractivity contribution < 1.29 is 0 Å². The summed E-state index contributed by atoms with van der Waals surface area (Å²) in [5.41, 5.74) is 2.32. The minimum atomic E-state index is 0.168.